The molecule has 10 aromatic heterocycles. The largest absolute Gasteiger partial charge is 0.309 e. The van der Waals surface area contributed by atoms with Crippen molar-refractivity contribution >= 4 is 172 Å². The lowest BCUT2D eigenvalue weighted by atomic mass is 10.0. The third-order valence-electron chi connectivity index (χ3n) is 22.0. The van der Waals surface area contributed by atoms with Crippen LogP contribution in [0.3, 0.4) is 0 Å². The highest BCUT2D eigenvalue weighted by Gasteiger charge is 2.31. The lowest BCUT2D eigenvalue weighted by Crippen LogP contribution is -2.04. The molecule has 0 fully saturated rings. The molecule has 24 rings (SSSR count). The number of aromatic nitrogens is 10. The van der Waals surface area contributed by atoms with Crippen LogP contribution < -0.4 is 0 Å². The summed E-state index contributed by atoms with van der Waals surface area (Å²) in [4.78, 5) is 33.0. The van der Waals surface area contributed by atoms with Crippen molar-refractivity contribution in [2.45, 2.75) is 0 Å². The van der Waals surface area contributed by atoms with Crippen molar-refractivity contribution in [3.05, 3.63) is 352 Å². The van der Waals surface area contributed by atoms with E-state index in [1.807, 2.05) is 24.5 Å². The highest BCUT2D eigenvalue weighted by Crippen LogP contribution is 2.54. The summed E-state index contributed by atoms with van der Waals surface area (Å²) in [6.07, 6.45) is 3.81. The third kappa shape index (κ3) is 9.33. The maximum absolute atomic E-state index is 5.53. The predicted molar refractivity (Wildman–Crippen MR) is 460 cm³/mol. The molecule has 0 N–H and O–H groups in total. The molecular weight excluding hydrogens is 1380 g/mol. The molecule has 0 spiro atoms. The number of hydrogen-bond acceptors (Lipinski definition) is 8. The van der Waals surface area contributed by atoms with Gasteiger partial charge in [0.25, 0.3) is 0 Å². The van der Waals surface area contributed by atoms with Crippen molar-refractivity contribution in [2.24, 2.45) is 0 Å². The van der Waals surface area contributed by atoms with Gasteiger partial charge in [0.1, 0.15) is 9.66 Å². The molecular formula is C98H58N10S2. The Balaban J connectivity index is 0.000000132. The van der Waals surface area contributed by atoms with Crippen LogP contribution in [-0.2, 0) is 0 Å². The van der Waals surface area contributed by atoms with E-state index < -0.39 is 0 Å². The number of thiophene rings is 2. The first kappa shape index (κ1) is 62.0. The molecule has 0 unspecified atom stereocenters. The van der Waals surface area contributed by atoms with Gasteiger partial charge in [0.15, 0.2) is 5.82 Å². The molecule has 0 bridgehead atoms. The average molecular weight is 1440 g/mol. The summed E-state index contributed by atoms with van der Waals surface area (Å²) >= 11 is 3.56. The first-order valence-electron chi connectivity index (χ1n) is 36.9. The standard InChI is InChI=1S/2C49H29N5S/c1-3-14-30(15-4-1)31-25-27-32(28-26-31)44-34-18-7-10-22-38(34)51-49(52-44)54-40-24-12-8-19-35(40)41-42-37-21-13-29-50-48(37)55-47(42)46-43(45(41)54)36-20-9-11-23-39(36)53(46)33-16-5-2-6-17-33;1-3-14-30(15-4-1)44-34-18-7-10-22-38(34)51-48(52-44)31-25-27-33(28-26-31)53-39-23-11-8-19-35(39)41-42-37-21-13-29-50-49(37)55-47(42)46-43(45(41)53)36-20-9-12-24-40(36)54(46)32-16-5-2-6-17-32/h2*1-29H. The topological polar surface area (TPSA) is 97.1 Å². The zero-order chi connectivity index (χ0) is 72.1. The predicted octanol–water partition coefficient (Wildman–Crippen LogP) is 25.8. The fourth-order valence-corrected chi connectivity index (χ4v) is 19.7. The molecule has 24 aromatic rings. The van der Waals surface area contributed by atoms with E-state index in [2.05, 4.69) is 346 Å². The smallest absolute Gasteiger partial charge is 0.235 e. The van der Waals surface area contributed by atoms with Gasteiger partial charge < -0.3 is 13.7 Å². The minimum Gasteiger partial charge on any atom is -0.309 e. The van der Waals surface area contributed by atoms with E-state index >= 15 is 0 Å². The molecule has 110 heavy (non-hydrogen) atoms. The molecule has 14 aromatic carbocycles. The number of para-hydroxylation sites is 8. The van der Waals surface area contributed by atoms with Crippen LogP contribution in [0.5, 0.6) is 0 Å². The number of fused-ring (bicyclic) bond motifs is 26. The maximum atomic E-state index is 5.53. The molecule has 0 atom stereocenters. The van der Waals surface area contributed by atoms with Gasteiger partial charge in [-0.1, -0.05) is 231 Å². The van der Waals surface area contributed by atoms with Crippen LogP contribution in [-0.4, -0.2) is 48.2 Å². The van der Waals surface area contributed by atoms with Crippen LogP contribution in [0, 0.1) is 0 Å². The van der Waals surface area contributed by atoms with Gasteiger partial charge in [0.2, 0.25) is 5.95 Å². The second-order valence-corrected chi connectivity index (χ2v) is 30.0. The molecule has 0 aliphatic heterocycles. The van der Waals surface area contributed by atoms with Crippen LogP contribution in [0.2, 0.25) is 0 Å². The first-order chi connectivity index (χ1) is 54.6. The molecule has 512 valence electrons. The Morgan fingerprint density at radius 3 is 1.07 bits per heavy atom. The quantitative estimate of drug-likeness (QED) is 0.150. The van der Waals surface area contributed by atoms with Gasteiger partial charge in [-0.25, -0.2) is 29.9 Å². The molecule has 0 aliphatic rings. The van der Waals surface area contributed by atoms with E-state index in [4.69, 9.17) is 29.9 Å². The summed E-state index contributed by atoms with van der Waals surface area (Å²) in [5.74, 6) is 1.35. The van der Waals surface area contributed by atoms with Crippen molar-refractivity contribution in [3.8, 4) is 68.0 Å². The molecule has 0 amide bonds. The minimum atomic E-state index is 0.641. The van der Waals surface area contributed by atoms with Gasteiger partial charge >= 0.3 is 0 Å². The second kappa shape index (κ2) is 24.6. The molecule has 0 saturated heterocycles. The highest BCUT2D eigenvalue weighted by molar-refractivity contribution is 7.27. The summed E-state index contributed by atoms with van der Waals surface area (Å²) in [7, 11) is 0. The second-order valence-electron chi connectivity index (χ2n) is 28.0. The maximum Gasteiger partial charge on any atom is 0.235 e. The zero-order valence-corrected chi connectivity index (χ0v) is 60.4. The summed E-state index contributed by atoms with van der Waals surface area (Å²) in [6.45, 7) is 0. The van der Waals surface area contributed by atoms with E-state index in [1.165, 1.54) is 96.5 Å². The molecule has 0 saturated carbocycles. The van der Waals surface area contributed by atoms with Crippen LogP contribution in [0.1, 0.15) is 0 Å². The molecule has 10 nitrogen and oxygen atoms in total. The number of benzene rings is 14. The van der Waals surface area contributed by atoms with Gasteiger partial charge in [0, 0.05) is 122 Å². The van der Waals surface area contributed by atoms with Gasteiger partial charge in [-0.15, -0.1) is 22.7 Å². The third-order valence-corrected chi connectivity index (χ3v) is 24.2. The Morgan fingerprint density at radius 2 is 0.564 bits per heavy atom. The zero-order valence-electron chi connectivity index (χ0n) is 58.8. The van der Waals surface area contributed by atoms with Crippen LogP contribution >= 0.6 is 22.7 Å². The molecule has 0 radical (unpaired) electrons. The normalized spacial score (nSPS) is 12.0. The molecule has 10 heterocycles. The monoisotopic (exact) mass is 1440 g/mol. The van der Waals surface area contributed by atoms with Gasteiger partial charge in [-0.3, -0.25) is 4.57 Å². The lowest BCUT2D eigenvalue weighted by molar-refractivity contribution is 1.02. The fraction of sp³-hybridized carbons (Fsp3) is 0. The Kier molecular flexibility index (Phi) is 13.9. The SMILES string of the molecule is c1ccc(-c2ccc(-c3nc(-n4c5ccccc5c5c6c7cccnc7sc6c6c(c7ccccc7n6-c6ccccc6)c54)nc4ccccc34)cc2)cc1.c1ccc(-c2nc(-c3ccc(-n4c5ccccc5c5c6c7cccnc7sc6c6c(c7ccccc7n6-c6ccccc6)c54)cc3)nc3ccccc23)cc1. The Bertz CT molecular complexity index is 7870. The number of rotatable bonds is 8. The summed E-state index contributed by atoms with van der Waals surface area (Å²) < 4.78 is 12.1. The van der Waals surface area contributed by atoms with Crippen LogP contribution in [0.15, 0.2) is 352 Å². The summed E-state index contributed by atoms with van der Waals surface area (Å²) in [5, 5.41) is 16.5. The fourth-order valence-electron chi connectivity index (χ4n) is 17.3. The number of nitrogens with zero attached hydrogens (tertiary/aromatic N) is 10. The minimum absolute atomic E-state index is 0.641. The highest BCUT2D eigenvalue weighted by atomic mass is 32.1. The van der Waals surface area contributed by atoms with E-state index in [0.29, 0.717) is 11.8 Å². The molecule has 12 heteroatoms. The molecule has 0 aliphatic carbocycles. The van der Waals surface area contributed by atoms with Crippen molar-refractivity contribution < 1.29 is 0 Å². The van der Waals surface area contributed by atoms with Crippen molar-refractivity contribution in [3.63, 3.8) is 0 Å². The van der Waals surface area contributed by atoms with E-state index in [1.54, 1.807) is 22.7 Å². The van der Waals surface area contributed by atoms with Gasteiger partial charge in [-0.05, 0) is 120 Å². The average Bonchev–Trinajstić information content (AvgIpc) is 1.52. The number of pyridine rings is 2. The van der Waals surface area contributed by atoms with Crippen LogP contribution in [0.25, 0.3) is 218 Å². The lowest BCUT2D eigenvalue weighted by Gasteiger charge is -2.13. The van der Waals surface area contributed by atoms with Crippen molar-refractivity contribution in [1.29, 1.82) is 0 Å². The first-order valence-corrected chi connectivity index (χ1v) is 38.5. The Hall–Kier alpha value is -14.3. The van der Waals surface area contributed by atoms with Crippen LogP contribution in [0.4, 0.5) is 0 Å². The van der Waals surface area contributed by atoms with E-state index in [-0.39, 0.29) is 0 Å². The van der Waals surface area contributed by atoms with Crippen molar-refractivity contribution in [1.82, 2.24) is 48.2 Å². The van der Waals surface area contributed by atoms with E-state index in [9.17, 15) is 0 Å². The number of hydrogen-bond donors (Lipinski definition) is 0. The van der Waals surface area contributed by atoms with Gasteiger partial charge in [0.05, 0.1) is 76.0 Å². The van der Waals surface area contributed by atoms with Gasteiger partial charge in [-0.2, -0.15) is 0 Å². The Labute approximate surface area is 636 Å². The van der Waals surface area contributed by atoms with E-state index in [0.717, 1.165) is 109 Å². The summed E-state index contributed by atoms with van der Waals surface area (Å²) in [6, 6.07) is 120. The summed E-state index contributed by atoms with van der Waals surface area (Å²) in [5.41, 5.74) is 21.7. The Morgan fingerprint density at radius 1 is 0.218 bits per heavy atom. The van der Waals surface area contributed by atoms with Crippen molar-refractivity contribution in [2.75, 3.05) is 0 Å².